The van der Waals surface area contributed by atoms with E-state index in [-0.39, 0.29) is 30.7 Å². The molecule has 1 aliphatic carbocycles. The van der Waals surface area contributed by atoms with Crippen LogP contribution in [0.15, 0.2) is 0 Å². The number of methoxy groups -OCH3 is 1. The first-order chi connectivity index (χ1) is 10.3. The van der Waals surface area contributed by atoms with Crippen LogP contribution in [0.5, 0.6) is 0 Å². The van der Waals surface area contributed by atoms with Crippen molar-refractivity contribution in [2.75, 3.05) is 59.5 Å². The molecule has 0 aromatic carbocycles. The molecular formula is C16H33Cl2N3O2. The van der Waals surface area contributed by atoms with Crippen LogP contribution in [-0.2, 0) is 9.53 Å². The topological polar surface area (TPSA) is 44.8 Å². The zero-order valence-corrected chi connectivity index (χ0v) is 15.9. The van der Waals surface area contributed by atoms with E-state index < -0.39 is 0 Å². The number of nitrogens with one attached hydrogen (secondary N) is 1. The molecule has 138 valence electrons. The number of nitrogens with zero attached hydrogens (tertiary/aromatic N) is 2. The highest BCUT2D eigenvalue weighted by atomic mass is 35.5. The zero-order valence-electron chi connectivity index (χ0n) is 14.3. The average molecular weight is 370 g/mol. The van der Waals surface area contributed by atoms with Crippen LogP contribution >= 0.6 is 24.8 Å². The number of amides is 1. The Labute approximate surface area is 153 Å². The first-order valence-corrected chi connectivity index (χ1v) is 8.49. The monoisotopic (exact) mass is 369 g/mol. The number of ether oxygens (including phenoxy) is 1. The summed E-state index contributed by atoms with van der Waals surface area (Å²) in [4.78, 5) is 16.6. The van der Waals surface area contributed by atoms with Gasteiger partial charge in [0, 0.05) is 46.4 Å². The summed E-state index contributed by atoms with van der Waals surface area (Å²) in [5.74, 6) is 1.13. The maximum absolute atomic E-state index is 12.1. The van der Waals surface area contributed by atoms with Crippen molar-refractivity contribution < 1.29 is 9.53 Å². The van der Waals surface area contributed by atoms with Crippen LogP contribution in [0.2, 0.25) is 0 Å². The molecule has 1 aliphatic heterocycles. The van der Waals surface area contributed by atoms with Crippen LogP contribution in [-0.4, -0.2) is 75.2 Å². The van der Waals surface area contributed by atoms with E-state index in [2.05, 4.69) is 10.2 Å². The summed E-state index contributed by atoms with van der Waals surface area (Å²) in [5.41, 5.74) is 0. The van der Waals surface area contributed by atoms with Crippen LogP contribution in [0.3, 0.4) is 0 Å². The van der Waals surface area contributed by atoms with E-state index in [0.29, 0.717) is 13.2 Å². The SMILES string of the molecule is COCCNCC(=O)N1CCN(CC2CCCCC2)CC1.Cl.Cl. The van der Waals surface area contributed by atoms with Gasteiger partial charge in [0.05, 0.1) is 13.2 Å². The summed E-state index contributed by atoms with van der Waals surface area (Å²) in [6.45, 7) is 6.93. The molecule has 0 aromatic heterocycles. The number of carbonyl (C=O) groups is 1. The lowest BCUT2D eigenvalue weighted by Crippen LogP contribution is -2.51. The lowest BCUT2D eigenvalue weighted by atomic mass is 9.89. The molecule has 0 radical (unpaired) electrons. The maximum Gasteiger partial charge on any atom is 0.236 e. The number of halogens is 2. The van der Waals surface area contributed by atoms with Gasteiger partial charge in [0.15, 0.2) is 0 Å². The Kier molecular flexibility index (Phi) is 13.2. The summed E-state index contributed by atoms with van der Waals surface area (Å²) >= 11 is 0. The van der Waals surface area contributed by atoms with Crippen LogP contribution < -0.4 is 5.32 Å². The van der Waals surface area contributed by atoms with Gasteiger partial charge in [-0.3, -0.25) is 9.69 Å². The third-order valence-corrected chi connectivity index (χ3v) is 4.73. The van der Waals surface area contributed by atoms with Crippen molar-refractivity contribution in [1.29, 1.82) is 0 Å². The third-order valence-electron chi connectivity index (χ3n) is 4.73. The minimum Gasteiger partial charge on any atom is -0.383 e. The molecule has 2 rings (SSSR count). The standard InChI is InChI=1S/C16H31N3O2.2ClH/c1-21-12-7-17-13-16(20)19-10-8-18(9-11-19)14-15-5-3-2-4-6-15;;/h15,17H,2-14H2,1H3;2*1H. The van der Waals surface area contributed by atoms with Gasteiger partial charge in [-0.05, 0) is 18.8 Å². The van der Waals surface area contributed by atoms with Crippen LogP contribution in [0, 0.1) is 5.92 Å². The van der Waals surface area contributed by atoms with Crippen LogP contribution in [0.1, 0.15) is 32.1 Å². The Morgan fingerprint density at radius 1 is 1.09 bits per heavy atom. The van der Waals surface area contributed by atoms with Crippen molar-refractivity contribution in [1.82, 2.24) is 15.1 Å². The van der Waals surface area contributed by atoms with Gasteiger partial charge in [0.2, 0.25) is 5.91 Å². The van der Waals surface area contributed by atoms with Crippen LogP contribution in [0.25, 0.3) is 0 Å². The Balaban J connectivity index is 0.00000242. The van der Waals surface area contributed by atoms with Gasteiger partial charge in [-0.25, -0.2) is 0 Å². The van der Waals surface area contributed by atoms with Gasteiger partial charge in [0.25, 0.3) is 0 Å². The van der Waals surface area contributed by atoms with Gasteiger partial charge in [-0.1, -0.05) is 19.3 Å². The zero-order chi connectivity index (χ0) is 14.9. The second-order valence-electron chi connectivity index (χ2n) is 6.36. The van der Waals surface area contributed by atoms with Crippen molar-refractivity contribution in [3.63, 3.8) is 0 Å². The van der Waals surface area contributed by atoms with Crippen molar-refractivity contribution >= 4 is 30.7 Å². The number of piperazine rings is 1. The summed E-state index contributed by atoms with van der Waals surface area (Å²) in [5, 5.41) is 3.13. The predicted octanol–water partition coefficient (Wildman–Crippen LogP) is 1.79. The van der Waals surface area contributed by atoms with E-state index in [1.807, 2.05) is 4.90 Å². The smallest absolute Gasteiger partial charge is 0.236 e. The number of hydrogen-bond acceptors (Lipinski definition) is 4. The van der Waals surface area contributed by atoms with Gasteiger partial charge >= 0.3 is 0 Å². The van der Waals surface area contributed by atoms with Crippen molar-refractivity contribution in [2.24, 2.45) is 5.92 Å². The summed E-state index contributed by atoms with van der Waals surface area (Å²) in [6.07, 6.45) is 7.06. The van der Waals surface area contributed by atoms with E-state index in [4.69, 9.17) is 4.74 Å². The predicted molar refractivity (Wildman–Crippen MR) is 98.8 cm³/mol. The molecule has 2 aliphatic rings. The largest absolute Gasteiger partial charge is 0.383 e. The van der Waals surface area contributed by atoms with Crippen molar-refractivity contribution in [2.45, 2.75) is 32.1 Å². The summed E-state index contributed by atoms with van der Waals surface area (Å²) < 4.78 is 4.96. The Morgan fingerprint density at radius 3 is 2.35 bits per heavy atom. The van der Waals surface area contributed by atoms with Gasteiger partial charge in [0.1, 0.15) is 0 Å². The minimum atomic E-state index is 0. The second kappa shape index (κ2) is 13.2. The van der Waals surface area contributed by atoms with Crippen molar-refractivity contribution in [3.05, 3.63) is 0 Å². The second-order valence-corrected chi connectivity index (χ2v) is 6.36. The fraction of sp³-hybridized carbons (Fsp3) is 0.938. The molecule has 0 aromatic rings. The molecule has 1 heterocycles. The Bertz CT molecular complexity index is 308. The molecule has 0 bridgehead atoms. The molecule has 7 heteroatoms. The number of hydrogen-bond donors (Lipinski definition) is 1. The van der Waals surface area contributed by atoms with Gasteiger partial charge < -0.3 is 15.0 Å². The molecule has 23 heavy (non-hydrogen) atoms. The molecular weight excluding hydrogens is 337 g/mol. The van der Waals surface area contributed by atoms with Crippen molar-refractivity contribution in [3.8, 4) is 0 Å². The quantitative estimate of drug-likeness (QED) is 0.694. The highest BCUT2D eigenvalue weighted by Crippen LogP contribution is 2.24. The fourth-order valence-electron chi connectivity index (χ4n) is 3.40. The molecule has 5 nitrogen and oxygen atoms in total. The average Bonchev–Trinajstić information content (AvgIpc) is 2.53. The highest BCUT2D eigenvalue weighted by molar-refractivity contribution is 5.85. The molecule has 1 saturated heterocycles. The third kappa shape index (κ3) is 8.54. The van der Waals surface area contributed by atoms with Gasteiger partial charge in [-0.15, -0.1) is 24.8 Å². The Morgan fingerprint density at radius 2 is 1.74 bits per heavy atom. The van der Waals surface area contributed by atoms with E-state index in [9.17, 15) is 4.79 Å². The molecule has 0 atom stereocenters. The normalized spacial score (nSPS) is 19.8. The lowest BCUT2D eigenvalue weighted by molar-refractivity contribution is -0.132. The van der Waals surface area contributed by atoms with E-state index in [1.54, 1.807) is 7.11 Å². The number of rotatable bonds is 7. The minimum absolute atomic E-state index is 0. The summed E-state index contributed by atoms with van der Waals surface area (Å²) in [7, 11) is 1.68. The maximum atomic E-state index is 12.1. The Hall–Kier alpha value is -0.0700. The van der Waals surface area contributed by atoms with Gasteiger partial charge in [-0.2, -0.15) is 0 Å². The first kappa shape index (κ1) is 22.9. The lowest BCUT2D eigenvalue weighted by Gasteiger charge is -2.37. The molecule has 1 N–H and O–H groups in total. The van der Waals surface area contributed by atoms with E-state index in [1.165, 1.54) is 38.6 Å². The van der Waals surface area contributed by atoms with E-state index in [0.717, 1.165) is 38.6 Å². The first-order valence-electron chi connectivity index (χ1n) is 8.49. The van der Waals surface area contributed by atoms with Crippen LogP contribution in [0.4, 0.5) is 0 Å². The molecule has 0 unspecified atom stereocenters. The fourth-order valence-corrected chi connectivity index (χ4v) is 3.40. The molecule has 0 spiro atoms. The summed E-state index contributed by atoms with van der Waals surface area (Å²) in [6, 6.07) is 0. The highest BCUT2D eigenvalue weighted by Gasteiger charge is 2.23. The molecule has 1 amide bonds. The number of carbonyl (C=O) groups excluding carboxylic acids is 1. The molecule has 2 fully saturated rings. The van der Waals surface area contributed by atoms with E-state index >= 15 is 0 Å². The molecule has 1 saturated carbocycles.